The Morgan fingerprint density at radius 1 is 0.737 bits per heavy atom. The van der Waals surface area contributed by atoms with E-state index >= 15 is 0 Å². The molecule has 0 aliphatic heterocycles. The van der Waals surface area contributed by atoms with E-state index in [0.29, 0.717) is 5.75 Å². The monoisotopic (exact) mass is 534 g/mol. The molecule has 1 fully saturated rings. The molecule has 38 heavy (non-hydrogen) atoms. The van der Waals surface area contributed by atoms with E-state index in [1.165, 1.54) is 59.5 Å². The second kappa shape index (κ2) is 8.13. The van der Waals surface area contributed by atoms with E-state index in [4.69, 9.17) is 0 Å². The molecule has 0 unspecified atom stereocenters. The van der Waals surface area contributed by atoms with E-state index in [1.807, 2.05) is 11.3 Å². The topological polar surface area (TPSA) is 20.2 Å². The first-order valence-electron chi connectivity index (χ1n) is 13.6. The minimum atomic E-state index is -0.0769. The lowest BCUT2D eigenvalue weighted by atomic mass is 9.52. The van der Waals surface area contributed by atoms with Crippen LogP contribution in [0.4, 0.5) is 0 Å². The summed E-state index contributed by atoms with van der Waals surface area (Å²) < 4.78 is 1.30. The van der Waals surface area contributed by atoms with Crippen molar-refractivity contribution in [1.29, 1.82) is 0 Å². The molecule has 0 saturated heterocycles. The van der Waals surface area contributed by atoms with Crippen molar-refractivity contribution in [2.45, 2.75) is 57.3 Å². The van der Waals surface area contributed by atoms with E-state index < -0.39 is 0 Å². The molecule has 2 aliphatic rings. The number of thiophene rings is 1. The summed E-state index contributed by atoms with van der Waals surface area (Å²) in [4.78, 5) is 2.52. The van der Waals surface area contributed by atoms with Gasteiger partial charge >= 0.3 is 0 Å². The fraction of sp³-hybridized carbons (Fsp3) is 0.314. The van der Waals surface area contributed by atoms with Crippen molar-refractivity contribution in [3.05, 3.63) is 83.9 Å². The van der Waals surface area contributed by atoms with Crippen LogP contribution < -0.4 is 0 Å². The summed E-state index contributed by atoms with van der Waals surface area (Å²) in [5, 5.41) is 15.1. The summed E-state index contributed by atoms with van der Waals surface area (Å²) in [6.45, 7) is 9.72. The van der Waals surface area contributed by atoms with Crippen molar-refractivity contribution in [2.24, 2.45) is 10.8 Å². The van der Waals surface area contributed by atoms with Gasteiger partial charge in [-0.3, -0.25) is 0 Å². The maximum atomic E-state index is 11.7. The summed E-state index contributed by atoms with van der Waals surface area (Å²) in [6.07, 6.45) is 5.60. The summed E-state index contributed by atoms with van der Waals surface area (Å²) >= 11 is 3.63. The number of aromatic hydroxyl groups is 1. The van der Waals surface area contributed by atoms with Gasteiger partial charge < -0.3 is 5.11 Å². The number of thioether (sulfide) groups is 1. The number of benzene rings is 4. The molecule has 3 heteroatoms. The minimum Gasteiger partial charge on any atom is -0.507 e. The van der Waals surface area contributed by atoms with Crippen molar-refractivity contribution in [3.63, 3.8) is 0 Å². The van der Waals surface area contributed by atoms with Crippen molar-refractivity contribution in [1.82, 2.24) is 0 Å². The molecule has 0 bridgehead atoms. The van der Waals surface area contributed by atoms with E-state index in [0.717, 1.165) is 18.2 Å². The Balaban J connectivity index is 1.53. The molecular formula is C35H34OS2. The number of fused-ring (bicyclic) bond motifs is 8. The first-order valence-corrected chi connectivity index (χ1v) is 15.6. The first kappa shape index (κ1) is 24.3. The van der Waals surface area contributed by atoms with Gasteiger partial charge in [-0.25, -0.2) is 0 Å². The Labute approximate surface area is 233 Å². The molecule has 0 amide bonds. The molecule has 0 atom stereocenters. The van der Waals surface area contributed by atoms with Crippen LogP contribution in [0.25, 0.3) is 42.4 Å². The molecule has 1 nitrogen and oxygen atoms in total. The van der Waals surface area contributed by atoms with Crippen LogP contribution in [0, 0.1) is 10.8 Å². The highest BCUT2D eigenvalue weighted by atomic mass is 32.2. The van der Waals surface area contributed by atoms with Crippen LogP contribution >= 0.6 is 23.1 Å². The van der Waals surface area contributed by atoms with Gasteiger partial charge in [-0.2, -0.15) is 0 Å². The van der Waals surface area contributed by atoms with Crippen LogP contribution in [0.15, 0.2) is 77.7 Å². The fourth-order valence-corrected chi connectivity index (χ4v) is 10.1. The quantitative estimate of drug-likeness (QED) is 0.227. The Bertz CT molecular complexity index is 1700. The van der Waals surface area contributed by atoms with Crippen LogP contribution in [0.3, 0.4) is 0 Å². The van der Waals surface area contributed by atoms with Gasteiger partial charge in [0.25, 0.3) is 0 Å². The lowest BCUT2D eigenvalue weighted by Gasteiger charge is -2.51. The summed E-state index contributed by atoms with van der Waals surface area (Å²) in [6, 6.07) is 26.7. The number of phenolic OH excluding ortho intramolecular Hbond substituents is 1. The zero-order valence-corrected chi connectivity index (χ0v) is 24.4. The van der Waals surface area contributed by atoms with Gasteiger partial charge in [0.15, 0.2) is 0 Å². The zero-order valence-electron chi connectivity index (χ0n) is 22.8. The Kier molecular flexibility index (Phi) is 5.20. The highest BCUT2D eigenvalue weighted by Gasteiger charge is 2.53. The molecule has 7 rings (SSSR count). The van der Waals surface area contributed by atoms with Gasteiger partial charge in [-0.1, -0.05) is 70.2 Å². The normalized spacial score (nSPS) is 18.7. The van der Waals surface area contributed by atoms with Crippen LogP contribution in [-0.4, -0.2) is 11.4 Å². The van der Waals surface area contributed by atoms with Gasteiger partial charge in [0.05, 0.1) is 0 Å². The zero-order chi connectivity index (χ0) is 26.4. The van der Waals surface area contributed by atoms with Gasteiger partial charge in [0.2, 0.25) is 0 Å². The average molecular weight is 535 g/mol. The Morgan fingerprint density at radius 2 is 1.45 bits per heavy atom. The summed E-state index contributed by atoms with van der Waals surface area (Å²) in [5.74, 6) is 0.405. The Morgan fingerprint density at radius 3 is 2.18 bits per heavy atom. The number of rotatable bonds is 2. The first-order chi connectivity index (χ1) is 18.1. The molecule has 1 heterocycles. The minimum absolute atomic E-state index is 0.0769. The fourth-order valence-electron chi connectivity index (χ4n) is 8.34. The number of phenols is 1. The smallest absolute Gasteiger partial charge is 0.123 e. The van der Waals surface area contributed by atoms with Gasteiger partial charge in [-0.05, 0) is 99.7 Å². The molecule has 0 radical (unpaired) electrons. The van der Waals surface area contributed by atoms with Crippen molar-refractivity contribution in [3.8, 4) is 27.3 Å². The maximum Gasteiger partial charge on any atom is 0.123 e. The predicted octanol–water partition coefficient (Wildman–Crippen LogP) is 10.7. The number of hydrogen-bond donors (Lipinski definition) is 1. The second-order valence-electron chi connectivity index (χ2n) is 13.1. The van der Waals surface area contributed by atoms with E-state index in [2.05, 4.69) is 107 Å². The maximum absolute atomic E-state index is 11.7. The molecule has 1 aromatic heterocycles. The molecule has 2 aliphatic carbocycles. The van der Waals surface area contributed by atoms with E-state index in [-0.39, 0.29) is 16.2 Å². The summed E-state index contributed by atoms with van der Waals surface area (Å²) in [5.41, 5.74) is 7.03. The highest BCUT2D eigenvalue weighted by Crippen LogP contribution is 2.65. The predicted molar refractivity (Wildman–Crippen MR) is 166 cm³/mol. The van der Waals surface area contributed by atoms with Gasteiger partial charge in [-0.15, -0.1) is 23.1 Å². The second-order valence-corrected chi connectivity index (χ2v) is 15.0. The molecule has 1 N–H and O–H groups in total. The van der Waals surface area contributed by atoms with E-state index in [9.17, 15) is 5.11 Å². The van der Waals surface area contributed by atoms with Crippen LogP contribution in [-0.2, 0) is 5.41 Å². The van der Waals surface area contributed by atoms with Gasteiger partial charge in [0.1, 0.15) is 5.75 Å². The largest absolute Gasteiger partial charge is 0.507 e. The van der Waals surface area contributed by atoms with Crippen molar-refractivity contribution < 1.29 is 5.11 Å². The molecule has 5 aromatic rings. The van der Waals surface area contributed by atoms with Crippen molar-refractivity contribution >= 4 is 44.0 Å². The van der Waals surface area contributed by atoms with Crippen LogP contribution in [0.2, 0.25) is 0 Å². The molecular weight excluding hydrogens is 501 g/mol. The van der Waals surface area contributed by atoms with Crippen LogP contribution in [0.1, 0.15) is 58.1 Å². The molecule has 192 valence electrons. The van der Waals surface area contributed by atoms with Crippen molar-refractivity contribution in [2.75, 3.05) is 6.26 Å². The third-order valence-electron chi connectivity index (χ3n) is 8.87. The average Bonchev–Trinajstić information content (AvgIpc) is 3.39. The molecule has 1 saturated carbocycles. The third-order valence-corrected chi connectivity index (χ3v) is 10.8. The molecule has 1 spiro atoms. The number of hydrogen-bond acceptors (Lipinski definition) is 3. The SMILES string of the molecule is CSc1cc2c3c(cc(O)c2cc1-c1cc2ccccc2s1)C1(CC(C)(C)CC(C)(C)C1)c1ccccc1-3. The standard InChI is InChI=1S/C35H34OS2/c1-33(2)18-34(3,4)20-35(19-33)26-12-8-7-11-22(26)32-24-16-30(37-5)25(15-23(24)28(36)17-27(32)35)31-14-21-10-6-9-13-29(21)38-31/h6-17,36H,18-20H2,1-5H3. The highest BCUT2D eigenvalue weighted by molar-refractivity contribution is 7.98. The van der Waals surface area contributed by atoms with Crippen LogP contribution in [0.5, 0.6) is 5.75 Å². The third kappa shape index (κ3) is 3.51. The van der Waals surface area contributed by atoms with Gasteiger partial charge in [0, 0.05) is 30.8 Å². The lowest BCUT2D eigenvalue weighted by Crippen LogP contribution is -2.43. The Hall–Kier alpha value is -2.75. The lowest BCUT2D eigenvalue weighted by molar-refractivity contribution is 0.0645. The molecule has 4 aromatic carbocycles. The van der Waals surface area contributed by atoms with E-state index in [1.54, 1.807) is 11.8 Å². The summed E-state index contributed by atoms with van der Waals surface area (Å²) in [7, 11) is 0.